The fourth-order valence-corrected chi connectivity index (χ4v) is 4.59. The van der Waals surface area contributed by atoms with Crippen LogP contribution in [0.25, 0.3) is 0 Å². The van der Waals surface area contributed by atoms with E-state index in [2.05, 4.69) is 23.5 Å². The molecule has 0 radical (unpaired) electrons. The molecule has 2 aliphatic rings. The summed E-state index contributed by atoms with van der Waals surface area (Å²) >= 11 is 0. The van der Waals surface area contributed by atoms with Crippen LogP contribution >= 0.6 is 0 Å². The topological polar surface area (TPSA) is 67.9 Å². The molecule has 1 saturated heterocycles. The molecule has 0 spiro atoms. The quantitative estimate of drug-likeness (QED) is 0.468. The molecule has 0 aromatic heterocycles. The van der Waals surface area contributed by atoms with Crippen molar-refractivity contribution in [3.05, 3.63) is 76.9 Å². The maximum atomic E-state index is 13.1. The highest BCUT2D eigenvalue weighted by molar-refractivity contribution is 5.94. The van der Waals surface area contributed by atoms with Crippen LogP contribution in [0.4, 0.5) is 4.79 Å². The second-order valence-electron chi connectivity index (χ2n) is 10.8. The Hall–Kier alpha value is -3.28. The van der Waals surface area contributed by atoms with E-state index in [1.807, 2.05) is 62.1 Å². The van der Waals surface area contributed by atoms with E-state index in [9.17, 15) is 9.59 Å². The van der Waals surface area contributed by atoms with E-state index in [1.54, 1.807) is 0 Å². The van der Waals surface area contributed by atoms with Crippen LogP contribution in [0.2, 0.25) is 0 Å². The summed E-state index contributed by atoms with van der Waals surface area (Å²) < 4.78 is 11.2. The summed E-state index contributed by atoms with van der Waals surface area (Å²) in [5, 5.41) is 2.81. The number of rotatable bonds is 7. The largest absolute Gasteiger partial charge is 0.490 e. The normalized spacial score (nSPS) is 16.2. The first-order valence-corrected chi connectivity index (χ1v) is 13.0. The molecule has 0 atom stereocenters. The van der Waals surface area contributed by atoms with Gasteiger partial charge in [-0.1, -0.05) is 35.9 Å². The molecule has 0 bridgehead atoms. The number of hydrogen-bond donors (Lipinski definition) is 1. The summed E-state index contributed by atoms with van der Waals surface area (Å²) in [6.07, 6.45) is 7.21. The number of allylic oxidation sites excluding steroid dienone is 1. The van der Waals surface area contributed by atoms with Gasteiger partial charge in [0.05, 0.1) is 0 Å². The molecule has 2 aromatic carbocycles. The Morgan fingerprint density at radius 2 is 1.81 bits per heavy atom. The van der Waals surface area contributed by atoms with Gasteiger partial charge < -0.3 is 19.7 Å². The van der Waals surface area contributed by atoms with E-state index in [4.69, 9.17) is 9.47 Å². The first-order valence-electron chi connectivity index (χ1n) is 13.0. The minimum Gasteiger partial charge on any atom is -0.490 e. The highest BCUT2D eigenvalue weighted by Gasteiger charge is 2.25. The molecule has 1 saturated carbocycles. The zero-order valence-corrected chi connectivity index (χ0v) is 21.7. The summed E-state index contributed by atoms with van der Waals surface area (Å²) in [7, 11) is 0. The number of benzene rings is 2. The third kappa shape index (κ3) is 7.36. The highest BCUT2D eigenvalue weighted by atomic mass is 16.5. The highest BCUT2D eigenvalue weighted by Crippen LogP contribution is 2.30. The van der Waals surface area contributed by atoms with E-state index in [1.165, 1.54) is 30.4 Å². The fraction of sp³-hybridized carbons (Fsp3) is 0.467. The molecule has 1 N–H and O–H groups in total. The van der Waals surface area contributed by atoms with Crippen molar-refractivity contribution in [2.45, 2.75) is 70.9 Å². The van der Waals surface area contributed by atoms with Crippen molar-refractivity contribution < 1.29 is 19.1 Å². The van der Waals surface area contributed by atoms with E-state index < -0.39 is 6.09 Å². The first-order chi connectivity index (χ1) is 17.3. The minimum atomic E-state index is -0.412. The monoisotopic (exact) mass is 490 g/mol. The molecule has 1 heterocycles. The SMILES string of the molecule is CC(C)(C)NC(=O)OCc1cccc(C2CCN(C(=O)c3cccc(OCC=C4CCC4)c3)CC2)c1. The molecule has 6 nitrogen and oxygen atoms in total. The van der Waals surface area contributed by atoms with Crippen LogP contribution in [0, 0.1) is 0 Å². The van der Waals surface area contributed by atoms with Gasteiger partial charge in [-0.05, 0) is 94.2 Å². The van der Waals surface area contributed by atoms with Gasteiger partial charge in [0.15, 0.2) is 0 Å². The molecule has 2 fully saturated rings. The van der Waals surface area contributed by atoms with Crippen LogP contribution in [0.1, 0.15) is 80.3 Å². The summed E-state index contributed by atoms with van der Waals surface area (Å²) in [4.78, 5) is 27.0. The van der Waals surface area contributed by atoms with E-state index in [-0.39, 0.29) is 18.1 Å². The number of ether oxygens (including phenoxy) is 2. The maximum absolute atomic E-state index is 13.1. The molecule has 6 heteroatoms. The molecule has 2 aromatic rings. The van der Waals surface area contributed by atoms with Gasteiger partial charge in [-0.25, -0.2) is 4.79 Å². The van der Waals surface area contributed by atoms with Gasteiger partial charge in [-0.2, -0.15) is 0 Å². The van der Waals surface area contributed by atoms with Crippen LogP contribution in [-0.4, -0.2) is 42.1 Å². The molecule has 4 rings (SSSR count). The molecular weight excluding hydrogens is 452 g/mol. The number of piperidine rings is 1. The summed E-state index contributed by atoms with van der Waals surface area (Å²) in [6, 6.07) is 15.8. The smallest absolute Gasteiger partial charge is 0.407 e. The predicted octanol–water partition coefficient (Wildman–Crippen LogP) is 6.22. The van der Waals surface area contributed by atoms with Crippen molar-refractivity contribution in [2.24, 2.45) is 0 Å². The van der Waals surface area contributed by atoms with Crippen LogP contribution in [0.15, 0.2) is 60.2 Å². The number of alkyl carbamates (subject to hydrolysis) is 1. The van der Waals surface area contributed by atoms with Crippen molar-refractivity contribution in [3.8, 4) is 5.75 Å². The van der Waals surface area contributed by atoms with Crippen LogP contribution in [0.3, 0.4) is 0 Å². The zero-order valence-electron chi connectivity index (χ0n) is 21.7. The van der Waals surface area contributed by atoms with Gasteiger partial charge in [-0.15, -0.1) is 0 Å². The minimum absolute atomic E-state index is 0.0586. The first kappa shape index (κ1) is 25.8. The lowest BCUT2D eigenvalue weighted by molar-refractivity contribution is 0.0712. The number of carbonyl (C=O) groups excluding carboxylic acids is 2. The Balaban J connectivity index is 1.28. The molecule has 1 aliphatic carbocycles. The average Bonchev–Trinajstić information content (AvgIpc) is 2.83. The van der Waals surface area contributed by atoms with Crippen LogP contribution < -0.4 is 10.1 Å². The molecule has 2 amide bonds. The maximum Gasteiger partial charge on any atom is 0.407 e. The molecule has 0 unspecified atom stereocenters. The van der Waals surface area contributed by atoms with Crippen molar-refractivity contribution in [1.82, 2.24) is 10.2 Å². The fourth-order valence-electron chi connectivity index (χ4n) is 4.59. The van der Waals surface area contributed by atoms with Crippen molar-refractivity contribution in [2.75, 3.05) is 19.7 Å². The van der Waals surface area contributed by atoms with Crippen molar-refractivity contribution in [1.29, 1.82) is 0 Å². The van der Waals surface area contributed by atoms with Gasteiger partial charge in [-0.3, -0.25) is 4.79 Å². The van der Waals surface area contributed by atoms with Gasteiger partial charge >= 0.3 is 6.09 Å². The standard InChI is InChI=1S/C30H38N2O4/c1-30(2,3)31-29(34)36-21-23-9-5-10-25(19-23)24-13-16-32(17-14-24)28(33)26-11-6-12-27(20-26)35-18-15-22-7-4-8-22/h5-6,9-12,15,19-20,24H,4,7-8,13-14,16-18,21H2,1-3H3,(H,31,34). The van der Waals surface area contributed by atoms with Crippen LogP contribution in [-0.2, 0) is 11.3 Å². The third-order valence-electron chi connectivity index (χ3n) is 6.75. The Kier molecular flexibility index (Phi) is 8.34. The average molecular weight is 491 g/mol. The van der Waals surface area contributed by atoms with E-state index in [0.717, 1.165) is 37.2 Å². The third-order valence-corrected chi connectivity index (χ3v) is 6.75. The lowest BCUT2D eigenvalue weighted by atomic mass is 9.88. The number of carbonyl (C=O) groups is 2. The molecule has 192 valence electrons. The Bertz CT molecular complexity index is 1090. The van der Waals surface area contributed by atoms with Crippen molar-refractivity contribution in [3.63, 3.8) is 0 Å². The van der Waals surface area contributed by atoms with Gasteiger partial charge in [0.1, 0.15) is 19.0 Å². The second-order valence-corrected chi connectivity index (χ2v) is 10.8. The number of likely N-dealkylation sites (tertiary alicyclic amines) is 1. The van der Waals surface area contributed by atoms with E-state index >= 15 is 0 Å². The number of nitrogens with one attached hydrogen (secondary N) is 1. The zero-order chi connectivity index (χ0) is 25.5. The number of amides is 2. The van der Waals surface area contributed by atoms with Gasteiger partial charge in [0, 0.05) is 24.2 Å². The lowest BCUT2D eigenvalue weighted by Gasteiger charge is -2.32. The van der Waals surface area contributed by atoms with Gasteiger partial charge in [0.2, 0.25) is 0 Å². The molecular formula is C30H38N2O4. The number of nitrogens with zero attached hydrogens (tertiary/aromatic N) is 1. The van der Waals surface area contributed by atoms with Crippen molar-refractivity contribution >= 4 is 12.0 Å². The number of hydrogen-bond acceptors (Lipinski definition) is 4. The molecule has 36 heavy (non-hydrogen) atoms. The Labute approximate surface area is 214 Å². The summed E-state index contributed by atoms with van der Waals surface area (Å²) in [6.45, 7) is 8.00. The lowest BCUT2D eigenvalue weighted by Crippen LogP contribution is -2.40. The van der Waals surface area contributed by atoms with Gasteiger partial charge in [0.25, 0.3) is 5.91 Å². The van der Waals surface area contributed by atoms with Crippen LogP contribution in [0.5, 0.6) is 5.75 Å². The summed E-state index contributed by atoms with van der Waals surface area (Å²) in [5.74, 6) is 1.18. The second kappa shape index (κ2) is 11.6. The Morgan fingerprint density at radius 1 is 1.06 bits per heavy atom. The van der Waals surface area contributed by atoms with E-state index in [0.29, 0.717) is 18.1 Å². The Morgan fingerprint density at radius 3 is 2.50 bits per heavy atom. The predicted molar refractivity (Wildman–Crippen MR) is 141 cm³/mol. The molecule has 1 aliphatic heterocycles. The summed E-state index contributed by atoms with van der Waals surface area (Å²) in [5.41, 5.74) is 4.02.